The first-order chi connectivity index (χ1) is 16.8. The Kier molecular flexibility index (Phi) is 7.39. The zero-order chi connectivity index (χ0) is 24.8. The third-order valence-electron chi connectivity index (χ3n) is 5.25. The van der Waals surface area contributed by atoms with E-state index in [9.17, 15) is 13.2 Å². The van der Waals surface area contributed by atoms with Crippen LogP contribution >= 0.6 is 11.6 Å². The molecule has 4 aromatic rings. The number of hydrogen-bond acceptors (Lipinski definition) is 4. The van der Waals surface area contributed by atoms with Gasteiger partial charge in [-0.15, -0.1) is 0 Å². The van der Waals surface area contributed by atoms with Crippen LogP contribution in [0, 0.1) is 0 Å². The highest BCUT2D eigenvalue weighted by Gasteiger charge is 2.21. The molecule has 0 saturated carbocycles. The van der Waals surface area contributed by atoms with Gasteiger partial charge < -0.3 is 10.1 Å². The van der Waals surface area contributed by atoms with Crippen molar-refractivity contribution in [3.63, 3.8) is 0 Å². The lowest BCUT2D eigenvalue weighted by Gasteiger charge is -2.20. The minimum atomic E-state index is -3.72. The Balaban J connectivity index is 1.35. The summed E-state index contributed by atoms with van der Waals surface area (Å²) in [6.07, 6.45) is 0.149. The van der Waals surface area contributed by atoms with Crippen LogP contribution in [-0.4, -0.2) is 21.4 Å². The Morgan fingerprint density at radius 3 is 2.06 bits per heavy atom. The van der Waals surface area contributed by atoms with Crippen molar-refractivity contribution < 1.29 is 17.9 Å². The van der Waals surface area contributed by atoms with Crippen LogP contribution < -0.4 is 14.4 Å². The van der Waals surface area contributed by atoms with Gasteiger partial charge in [-0.25, -0.2) is 8.42 Å². The van der Waals surface area contributed by atoms with E-state index in [1.165, 1.54) is 35.6 Å². The normalized spacial score (nSPS) is 11.0. The number of carbonyl (C=O) groups excluding carboxylic acids is 1. The van der Waals surface area contributed by atoms with Crippen molar-refractivity contribution in [3.8, 4) is 11.5 Å². The maximum Gasteiger partial charge on any atom is 0.264 e. The fourth-order valence-corrected chi connectivity index (χ4v) is 4.67. The molecule has 0 fully saturated rings. The molecule has 0 radical (unpaired) electrons. The molecule has 0 unspecified atom stereocenters. The van der Waals surface area contributed by atoms with Crippen LogP contribution in [0.15, 0.2) is 108 Å². The van der Waals surface area contributed by atoms with Crippen molar-refractivity contribution in [3.05, 3.63) is 114 Å². The molecule has 1 N–H and O–H groups in total. The van der Waals surface area contributed by atoms with E-state index in [1.807, 2.05) is 30.3 Å². The van der Waals surface area contributed by atoms with Gasteiger partial charge in [0, 0.05) is 17.8 Å². The number of ether oxygens (including phenoxy) is 1. The first kappa shape index (κ1) is 24.3. The quantitative estimate of drug-likeness (QED) is 0.311. The number of para-hydroxylation sites is 1. The van der Waals surface area contributed by atoms with E-state index in [1.54, 1.807) is 48.5 Å². The molecule has 6 nitrogen and oxygen atoms in total. The summed E-state index contributed by atoms with van der Waals surface area (Å²) in [4.78, 5) is 12.6. The van der Waals surface area contributed by atoms with Crippen molar-refractivity contribution in [1.82, 2.24) is 0 Å². The molecule has 178 valence electrons. The molecular formula is C27H23ClN2O4S. The van der Waals surface area contributed by atoms with E-state index >= 15 is 0 Å². The maximum absolute atomic E-state index is 12.8. The summed E-state index contributed by atoms with van der Waals surface area (Å²) in [5.41, 5.74) is 1.89. The van der Waals surface area contributed by atoms with Gasteiger partial charge >= 0.3 is 0 Å². The van der Waals surface area contributed by atoms with E-state index in [-0.39, 0.29) is 17.2 Å². The molecule has 0 aliphatic carbocycles. The SMILES string of the molecule is CN(c1ccc(CC(=O)Nc2ccc(Oc3ccccc3)cc2)cc1)S(=O)(=O)c1ccc(Cl)cc1. The van der Waals surface area contributed by atoms with Gasteiger partial charge in [0.25, 0.3) is 10.0 Å². The lowest BCUT2D eigenvalue weighted by atomic mass is 10.1. The standard InChI is InChI=1S/C27H23ClN2O4S/c1-30(35(32,33)26-17-9-21(28)10-18-26)23-13-7-20(8-14-23)19-27(31)29-22-11-15-25(16-12-22)34-24-5-3-2-4-6-24/h2-18H,19H2,1H3,(H,29,31). The second-order valence-electron chi connectivity index (χ2n) is 7.76. The van der Waals surface area contributed by atoms with Gasteiger partial charge in [0.2, 0.25) is 5.91 Å². The summed E-state index contributed by atoms with van der Waals surface area (Å²) >= 11 is 5.86. The second kappa shape index (κ2) is 10.6. The van der Waals surface area contributed by atoms with Gasteiger partial charge in [-0.05, 0) is 78.4 Å². The molecule has 0 bridgehead atoms. The van der Waals surface area contributed by atoms with E-state index < -0.39 is 10.0 Å². The Labute approximate surface area is 209 Å². The summed E-state index contributed by atoms with van der Waals surface area (Å²) in [5.74, 6) is 1.22. The number of halogens is 1. The highest BCUT2D eigenvalue weighted by Crippen LogP contribution is 2.25. The lowest BCUT2D eigenvalue weighted by molar-refractivity contribution is -0.115. The van der Waals surface area contributed by atoms with E-state index in [2.05, 4.69) is 5.32 Å². The van der Waals surface area contributed by atoms with Gasteiger partial charge in [-0.3, -0.25) is 9.10 Å². The van der Waals surface area contributed by atoms with Gasteiger partial charge in [0.1, 0.15) is 11.5 Å². The number of amides is 1. The summed E-state index contributed by atoms with van der Waals surface area (Å²) < 4.78 is 32.6. The van der Waals surface area contributed by atoms with Crippen LogP contribution in [0.5, 0.6) is 11.5 Å². The highest BCUT2D eigenvalue weighted by atomic mass is 35.5. The number of rotatable bonds is 8. The molecule has 4 aromatic carbocycles. The fourth-order valence-electron chi connectivity index (χ4n) is 3.35. The summed E-state index contributed by atoms with van der Waals surface area (Å²) in [5, 5.41) is 3.32. The number of sulfonamides is 1. The highest BCUT2D eigenvalue weighted by molar-refractivity contribution is 7.92. The van der Waals surface area contributed by atoms with Crippen LogP contribution in [0.25, 0.3) is 0 Å². The Hall–Kier alpha value is -3.81. The third kappa shape index (κ3) is 6.20. The molecule has 0 spiro atoms. The van der Waals surface area contributed by atoms with Crippen LogP contribution in [0.2, 0.25) is 5.02 Å². The number of hydrogen-bond donors (Lipinski definition) is 1. The van der Waals surface area contributed by atoms with Gasteiger partial charge in [-0.1, -0.05) is 41.9 Å². The van der Waals surface area contributed by atoms with Crippen LogP contribution in [0.3, 0.4) is 0 Å². The molecule has 1 amide bonds. The average molecular weight is 507 g/mol. The number of nitrogens with zero attached hydrogens (tertiary/aromatic N) is 1. The molecule has 8 heteroatoms. The van der Waals surface area contributed by atoms with Crippen molar-refractivity contribution in [2.45, 2.75) is 11.3 Å². The van der Waals surface area contributed by atoms with Crippen molar-refractivity contribution in [1.29, 1.82) is 0 Å². The Morgan fingerprint density at radius 2 is 1.43 bits per heavy atom. The van der Waals surface area contributed by atoms with Crippen molar-refractivity contribution in [2.75, 3.05) is 16.7 Å². The third-order valence-corrected chi connectivity index (χ3v) is 7.31. The van der Waals surface area contributed by atoms with Gasteiger partial charge in [0.05, 0.1) is 17.0 Å². The maximum atomic E-state index is 12.8. The average Bonchev–Trinajstić information content (AvgIpc) is 2.86. The molecular weight excluding hydrogens is 484 g/mol. The van der Waals surface area contributed by atoms with E-state index in [0.717, 1.165) is 11.3 Å². The second-order valence-corrected chi connectivity index (χ2v) is 10.2. The molecule has 0 saturated heterocycles. The molecule has 0 aliphatic rings. The molecule has 0 heterocycles. The fraction of sp³-hybridized carbons (Fsp3) is 0.0741. The lowest BCUT2D eigenvalue weighted by Crippen LogP contribution is -2.26. The minimum Gasteiger partial charge on any atom is -0.457 e. The van der Waals surface area contributed by atoms with Crippen molar-refractivity contribution in [2.24, 2.45) is 0 Å². The topological polar surface area (TPSA) is 75.7 Å². The number of benzene rings is 4. The Morgan fingerprint density at radius 1 is 0.829 bits per heavy atom. The minimum absolute atomic E-state index is 0.146. The summed E-state index contributed by atoms with van der Waals surface area (Å²) in [6.45, 7) is 0. The zero-order valence-electron chi connectivity index (χ0n) is 18.9. The summed E-state index contributed by atoms with van der Waals surface area (Å²) in [6, 6.07) is 29.4. The number of anilines is 2. The predicted octanol–water partition coefficient (Wildman–Crippen LogP) is 6.14. The van der Waals surface area contributed by atoms with E-state index in [0.29, 0.717) is 22.1 Å². The van der Waals surface area contributed by atoms with Crippen LogP contribution in [0.4, 0.5) is 11.4 Å². The zero-order valence-corrected chi connectivity index (χ0v) is 20.5. The molecule has 35 heavy (non-hydrogen) atoms. The monoisotopic (exact) mass is 506 g/mol. The first-order valence-electron chi connectivity index (χ1n) is 10.8. The van der Waals surface area contributed by atoms with E-state index in [4.69, 9.17) is 16.3 Å². The van der Waals surface area contributed by atoms with Gasteiger partial charge in [-0.2, -0.15) is 0 Å². The molecule has 0 aromatic heterocycles. The summed E-state index contributed by atoms with van der Waals surface area (Å²) in [7, 11) is -2.24. The Bertz CT molecular complexity index is 1390. The van der Waals surface area contributed by atoms with Gasteiger partial charge in [0.15, 0.2) is 0 Å². The van der Waals surface area contributed by atoms with Crippen molar-refractivity contribution >= 4 is 38.9 Å². The first-order valence-corrected chi connectivity index (χ1v) is 12.6. The number of carbonyl (C=O) groups is 1. The molecule has 0 aliphatic heterocycles. The smallest absolute Gasteiger partial charge is 0.264 e. The predicted molar refractivity (Wildman–Crippen MR) is 139 cm³/mol. The van der Waals surface area contributed by atoms with Crippen LogP contribution in [-0.2, 0) is 21.2 Å². The molecule has 0 atom stereocenters. The largest absolute Gasteiger partial charge is 0.457 e. The van der Waals surface area contributed by atoms with Crippen LogP contribution in [0.1, 0.15) is 5.56 Å². The molecule has 4 rings (SSSR count). The number of nitrogens with one attached hydrogen (secondary N) is 1.